The van der Waals surface area contributed by atoms with Crippen molar-refractivity contribution in [3.05, 3.63) is 57.8 Å². The molecule has 0 aromatic heterocycles. The van der Waals surface area contributed by atoms with E-state index in [0.717, 1.165) is 22.5 Å². The van der Waals surface area contributed by atoms with Gasteiger partial charge in [-0.25, -0.2) is 12.8 Å². The molecule has 1 aliphatic rings. The molecule has 1 saturated heterocycles. The lowest BCUT2D eigenvalue weighted by molar-refractivity contribution is -0.137. The fourth-order valence-electron chi connectivity index (χ4n) is 3.21. The molecule has 2 aromatic rings. The molecule has 3 rings (SSSR count). The van der Waals surface area contributed by atoms with Gasteiger partial charge in [0.25, 0.3) is 0 Å². The molecule has 0 bridgehead atoms. The van der Waals surface area contributed by atoms with Gasteiger partial charge in [0.05, 0.1) is 20.5 Å². The number of carbonyl (C=O) groups excluding carboxylic acids is 1. The molecule has 0 atom stereocenters. The highest BCUT2D eigenvalue weighted by atomic mass is 35.5. The topological polar surface area (TPSA) is 66.5 Å². The van der Waals surface area contributed by atoms with E-state index in [-0.39, 0.29) is 36.6 Å². The Morgan fingerprint density at radius 3 is 2.23 bits per heavy atom. The van der Waals surface area contributed by atoms with Crippen LogP contribution in [-0.4, -0.2) is 31.7 Å². The number of piperidine rings is 1. The number of nitrogens with one attached hydrogen (secondary N) is 1. The summed E-state index contributed by atoms with van der Waals surface area (Å²) in [4.78, 5) is 11.9. The molecule has 0 aliphatic carbocycles. The third-order valence-electron chi connectivity index (χ3n) is 4.89. The van der Waals surface area contributed by atoms with Crippen LogP contribution in [0.3, 0.4) is 0 Å². The van der Waals surface area contributed by atoms with Crippen LogP contribution in [0.5, 0.6) is 0 Å². The minimum Gasteiger partial charge on any atom is -0.326 e. The van der Waals surface area contributed by atoms with Crippen molar-refractivity contribution in [1.29, 1.82) is 0 Å². The molecule has 1 aliphatic heterocycles. The highest BCUT2D eigenvalue weighted by molar-refractivity contribution is 7.89. The molecule has 1 N–H and O–H groups in total. The van der Waals surface area contributed by atoms with Gasteiger partial charge >= 0.3 is 6.18 Å². The van der Waals surface area contributed by atoms with Crippen molar-refractivity contribution in [2.45, 2.75) is 23.9 Å². The second-order valence-electron chi connectivity index (χ2n) is 6.94. The Bertz CT molecular complexity index is 1100. The zero-order chi connectivity index (χ0) is 23.0. The number of hydrogen-bond acceptors (Lipinski definition) is 3. The highest BCUT2D eigenvalue weighted by Gasteiger charge is 2.37. The van der Waals surface area contributed by atoms with Gasteiger partial charge in [0.15, 0.2) is 0 Å². The van der Waals surface area contributed by atoms with E-state index in [2.05, 4.69) is 5.32 Å². The first-order valence-electron chi connectivity index (χ1n) is 9.02. The van der Waals surface area contributed by atoms with Crippen molar-refractivity contribution in [2.24, 2.45) is 5.92 Å². The average Bonchev–Trinajstić information content (AvgIpc) is 2.70. The van der Waals surface area contributed by atoms with Crippen LogP contribution in [0.1, 0.15) is 18.4 Å². The van der Waals surface area contributed by atoms with E-state index in [9.17, 15) is 30.8 Å². The van der Waals surface area contributed by atoms with E-state index in [1.54, 1.807) is 0 Å². The van der Waals surface area contributed by atoms with Crippen LogP contribution in [0.2, 0.25) is 10.0 Å². The van der Waals surface area contributed by atoms with E-state index >= 15 is 0 Å². The van der Waals surface area contributed by atoms with Gasteiger partial charge in [0.1, 0.15) is 5.82 Å². The summed E-state index contributed by atoms with van der Waals surface area (Å²) < 4.78 is 79.3. The Balaban J connectivity index is 1.68. The second kappa shape index (κ2) is 8.93. The summed E-state index contributed by atoms with van der Waals surface area (Å²) in [5, 5.41) is 1.86. The maximum Gasteiger partial charge on any atom is 0.417 e. The van der Waals surface area contributed by atoms with Crippen molar-refractivity contribution >= 4 is 44.8 Å². The van der Waals surface area contributed by atoms with Gasteiger partial charge in [-0.15, -0.1) is 0 Å². The Labute approximate surface area is 186 Å². The summed E-state index contributed by atoms with van der Waals surface area (Å²) in [6.45, 7) is -0.112. The van der Waals surface area contributed by atoms with Crippen molar-refractivity contribution in [2.75, 3.05) is 18.4 Å². The van der Waals surface area contributed by atoms with Gasteiger partial charge in [0, 0.05) is 24.7 Å². The molecular weight excluding hydrogens is 483 g/mol. The summed E-state index contributed by atoms with van der Waals surface area (Å²) in [7, 11) is -4.20. The molecule has 1 amide bonds. The Morgan fingerprint density at radius 1 is 1.03 bits per heavy atom. The molecule has 2 aromatic carbocycles. The van der Waals surface area contributed by atoms with Crippen molar-refractivity contribution in [1.82, 2.24) is 4.31 Å². The number of halogens is 6. The largest absolute Gasteiger partial charge is 0.417 e. The zero-order valence-corrected chi connectivity index (χ0v) is 18.0. The predicted molar refractivity (Wildman–Crippen MR) is 108 cm³/mol. The van der Waals surface area contributed by atoms with Crippen LogP contribution in [0, 0.1) is 11.7 Å². The lowest BCUT2D eigenvalue weighted by atomic mass is 9.97. The van der Waals surface area contributed by atoms with Crippen LogP contribution in [0.4, 0.5) is 23.2 Å². The number of anilines is 1. The van der Waals surface area contributed by atoms with E-state index in [0.29, 0.717) is 6.07 Å². The normalized spacial score (nSPS) is 16.3. The van der Waals surface area contributed by atoms with E-state index in [1.165, 1.54) is 12.1 Å². The smallest absolute Gasteiger partial charge is 0.326 e. The van der Waals surface area contributed by atoms with Gasteiger partial charge in [0.2, 0.25) is 15.9 Å². The first-order valence-corrected chi connectivity index (χ1v) is 11.2. The molecule has 31 heavy (non-hydrogen) atoms. The van der Waals surface area contributed by atoms with E-state index in [4.69, 9.17) is 23.2 Å². The van der Waals surface area contributed by atoms with Gasteiger partial charge in [-0.2, -0.15) is 17.5 Å². The SMILES string of the molecule is O=C(Nc1ccc(Cl)c(F)c1)C1CCN(S(=O)(=O)c2ccc(Cl)c(C(F)(F)F)c2)CC1. The number of nitrogens with zero attached hydrogens (tertiary/aromatic N) is 1. The number of carbonyl (C=O) groups is 1. The summed E-state index contributed by atoms with van der Waals surface area (Å²) in [5.41, 5.74) is -1.03. The summed E-state index contributed by atoms with van der Waals surface area (Å²) in [5.74, 6) is -1.65. The first kappa shape index (κ1) is 23.8. The number of benzene rings is 2. The molecule has 1 heterocycles. The van der Waals surface area contributed by atoms with Crippen LogP contribution >= 0.6 is 23.2 Å². The van der Waals surface area contributed by atoms with Gasteiger partial charge < -0.3 is 5.32 Å². The van der Waals surface area contributed by atoms with Crippen molar-refractivity contribution in [3.63, 3.8) is 0 Å². The summed E-state index contributed by atoms with van der Waals surface area (Å²) in [6, 6.07) is 6.21. The molecule has 0 unspecified atom stereocenters. The number of sulfonamides is 1. The van der Waals surface area contributed by atoms with Crippen LogP contribution in [0.15, 0.2) is 41.3 Å². The van der Waals surface area contributed by atoms with E-state index < -0.39 is 49.3 Å². The monoisotopic (exact) mass is 498 g/mol. The lowest BCUT2D eigenvalue weighted by Gasteiger charge is -2.30. The minimum atomic E-state index is -4.80. The zero-order valence-electron chi connectivity index (χ0n) is 15.7. The summed E-state index contributed by atoms with van der Waals surface area (Å²) in [6.07, 6.45) is -4.49. The maximum atomic E-state index is 13.5. The third-order valence-corrected chi connectivity index (χ3v) is 7.42. The number of amides is 1. The molecule has 5 nitrogen and oxygen atoms in total. The van der Waals surface area contributed by atoms with Gasteiger partial charge in [-0.3, -0.25) is 4.79 Å². The Kier molecular flexibility index (Phi) is 6.85. The molecular formula is C19H16Cl2F4N2O3S. The number of rotatable bonds is 4. The average molecular weight is 499 g/mol. The van der Waals surface area contributed by atoms with Crippen molar-refractivity contribution in [3.8, 4) is 0 Å². The molecule has 0 saturated carbocycles. The Hall–Kier alpha value is -1.88. The van der Waals surface area contributed by atoms with E-state index in [1.807, 2.05) is 0 Å². The lowest BCUT2D eigenvalue weighted by Crippen LogP contribution is -2.41. The Morgan fingerprint density at radius 2 is 1.65 bits per heavy atom. The highest BCUT2D eigenvalue weighted by Crippen LogP contribution is 2.37. The fourth-order valence-corrected chi connectivity index (χ4v) is 5.05. The molecule has 12 heteroatoms. The molecule has 0 radical (unpaired) electrons. The van der Waals surface area contributed by atoms with Crippen LogP contribution < -0.4 is 5.32 Å². The number of hydrogen-bond donors (Lipinski definition) is 1. The fraction of sp³-hybridized carbons (Fsp3) is 0.316. The summed E-state index contributed by atoms with van der Waals surface area (Å²) >= 11 is 11.2. The van der Waals surface area contributed by atoms with Gasteiger partial charge in [-0.05, 0) is 49.2 Å². The number of alkyl halides is 3. The maximum absolute atomic E-state index is 13.5. The first-order chi connectivity index (χ1) is 14.4. The minimum absolute atomic E-state index is 0.0562. The second-order valence-corrected chi connectivity index (χ2v) is 9.69. The predicted octanol–water partition coefficient (Wildman–Crippen LogP) is 5.19. The standard InChI is InChI=1S/C19H16Cl2F4N2O3S/c20-15-4-2-13(10-14(15)19(23,24)25)31(29,30)27-7-5-11(6-8-27)18(28)26-12-1-3-16(21)17(22)9-12/h1-4,9-11H,5-8H2,(H,26,28). The van der Waals surface area contributed by atoms with Gasteiger partial charge in [-0.1, -0.05) is 23.2 Å². The molecule has 168 valence electrons. The van der Waals surface area contributed by atoms with Crippen LogP contribution in [-0.2, 0) is 21.0 Å². The quantitative estimate of drug-likeness (QED) is 0.589. The molecule has 0 spiro atoms. The van der Waals surface area contributed by atoms with Crippen LogP contribution in [0.25, 0.3) is 0 Å². The van der Waals surface area contributed by atoms with Crippen molar-refractivity contribution < 1.29 is 30.8 Å². The molecule has 1 fully saturated rings. The third kappa shape index (κ3) is 5.31.